The van der Waals surface area contributed by atoms with Crippen LogP contribution in [0.15, 0.2) is 108 Å². The monoisotopic (exact) mass is 426 g/mol. The molecular weight excluding hydrogens is 392 g/mol. The van der Waals surface area contributed by atoms with Crippen LogP contribution in [0, 0.1) is 10.8 Å². The minimum atomic E-state index is 0.244. The van der Waals surface area contributed by atoms with Gasteiger partial charge in [-0.25, -0.2) is 0 Å². The fraction of sp³-hybridized carbons (Fsp3) is 0.333. The summed E-state index contributed by atoms with van der Waals surface area (Å²) < 4.78 is 0. The first-order chi connectivity index (χ1) is 14.8. The molecule has 0 fully saturated rings. The Bertz CT molecular complexity index is 919. The lowest BCUT2D eigenvalue weighted by atomic mass is 9.83. The third kappa shape index (κ3) is 5.52. The summed E-state index contributed by atoms with van der Waals surface area (Å²) in [4.78, 5) is 0. The minimum absolute atomic E-state index is 0.244. The van der Waals surface area contributed by atoms with Gasteiger partial charge < -0.3 is 0 Å². The number of thioether (sulfide) groups is 1. The molecule has 0 saturated heterocycles. The van der Waals surface area contributed by atoms with E-state index in [2.05, 4.69) is 137 Å². The summed E-state index contributed by atoms with van der Waals surface area (Å²) in [6.07, 6.45) is 16.6. The van der Waals surface area contributed by atoms with Gasteiger partial charge in [-0.1, -0.05) is 125 Å². The molecule has 0 saturated carbocycles. The van der Waals surface area contributed by atoms with Crippen molar-refractivity contribution in [2.75, 3.05) is 0 Å². The molecule has 2 unspecified atom stereocenters. The van der Waals surface area contributed by atoms with Crippen LogP contribution in [-0.4, -0.2) is 0 Å². The number of allylic oxidation sites excluding steroid dienone is 6. The molecule has 0 aliphatic heterocycles. The van der Waals surface area contributed by atoms with E-state index in [-0.39, 0.29) is 10.8 Å². The Morgan fingerprint density at radius 1 is 0.613 bits per heavy atom. The molecule has 0 nitrogen and oxygen atoms in total. The van der Waals surface area contributed by atoms with Crippen LogP contribution in [0.4, 0.5) is 0 Å². The summed E-state index contributed by atoms with van der Waals surface area (Å²) in [5.41, 5.74) is 6.10. The van der Waals surface area contributed by atoms with Gasteiger partial charge in [-0.05, 0) is 45.9 Å². The van der Waals surface area contributed by atoms with E-state index in [1.54, 1.807) is 0 Å². The van der Waals surface area contributed by atoms with Gasteiger partial charge in [0.1, 0.15) is 0 Å². The largest absolute Gasteiger partial charge is 0.136 e. The lowest BCUT2D eigenvalue weighted by molar-refractivity contribution is 0.481. The van der Waals surface area contributed by atoms with E-state index < -0.39 is 0 Å². The van der Waals surface area contributed by atoms with Gasteiger partial charge in [0.05, 0.1) is 10.5 Å². The van der Waals surface area contributed by atoms with E-state index in [1.807, 2.05) is 0 Å². The second kappa shape index (κ2) is 9.09. The topological polar surface area (TPSA) is 0 Å². The molecule has 2 aromatic rings. The predicted molar refractivity (Wildman–Crippen MR) is 137 cm³/mol. The molecule has 1 heteroatoms. The highest BCUT2D eigenvalue weighted by atomic mass is 32.2. The average Bonchev–Trinajstić information content (AvgIpc) is 2.77. The van der Waals surface area contributed by atoms with E-state index in [9.17, 15) is 0 Å². The fourth-order valence-corrected chi connectivity index (χ4v) is 5.72. The Labute approximate surface area is 192 Å². The molecule has 2 atom stereocenters. The highest BCUT2D eigenvalue weighted by Gasteiger charge is 2.28. The van der Waals surface area contributed by atoms with Gasteiger partial charge in [-0.3, -0.25) is 0 Å². The van der Waals surface area contributed by atoms with Gasteiger partial charge in [-0.15, -0.1) is 11.8 Å². The standard InChI is InChI=1S/C30H34S/c1-29(2)19-15-25(16-20-29)27(23-11-7-5-8-12-23)31-28(24-13-9-6-10-14-24)26-17-21-30(3,4)22-18-26/h5-19,21,27-28H,20,22H2,1-4H3. The Hall–Kier alpha value is -2.25. The summed E-state index contributed by atoms with van der Waals surface area (Å²) in [6, 6.07) is 22.0. The van der Waals surface area contributed by atoms with Gasteiger partial charge in [0.2, 0.25) is 0 Å². The molecule has 0 N–H and O–H groups in total. The zero-order valence-electron chi connectivity index (χ0n) is 19.2. The first-order valence-corrected chi connectivity index (χ1v) is 12.3. The first kappa shape index (κ1) is 22.0. The molecule has 31 heavy (non-hydrogen) atoms. The van der Waals surface area contributed by atoms with Crippen LogP contribution in [0.3, 0.4) is 0 Å². The molecule has 2 aliphatic rings. The van der Waals surface area contributed by atoms with Crippen molar-refractivity contribution < 1.29 is 0 Å². The maximum atomic E-state index is 2.46. The molecule has 2 aliphatic carbocycles. The van der Waals surface area contributed by atoms with E-state index >= 15 is 0 Å². The summed E-state index contributed by atoms with van der Waals surface area (Å²) >= 11 is 2.07. The van der Waals surface area contributed by atoms with Crippen LogP contribution in [-0.2, 0) is 0 Å². The zero-order chi connectivity index (χ0) is 21.9. The molecule has 0 heterocycles. The van der Waals surface area contributed by atoms with Crippen molar-refractivity contribution in [3.05, 3.63) is 119 Å². The van der Waals surface area contributed by atoms with E-state index in [0.717, 1.165) is 12.8 Å². The Kier molecular flexibility index (Phi) is 6.44. The Morgan fingerprint density at radius 2 is 1.00 bits per heavy atom. The average molecular weight is 427 g/mol. The molecule has 4 rings (SSSR count). The molecule has 0 aromatic heterocycles. The third-order valence-corrected chi connectivity index (χ3v) is 7.90. The van der Waals surface area contributed by atoms with E-state index in [4.69, 9.17) is 0 Å². The van der Waals surface area contributed by atoms with Crippen LogP contribution in [0.1, 0.15) is 62.2 Å². The van der Waals surface area contributed by atoms with Gasteiger partial charge in [0.25, 0.3) is 0 Å². The molecule has 0 radical (unpaired) electrons. The molecule has 160 valence electrons. The van der Waals surface area contributed by atoms with Crippen molar-refractivity contribution >= 4 is 11.8 Å². The van der Waals surface area contributed by atoms with Gasteiger partial charge in [0.15, 0.2) is 0 Å². The first-order valence-electron chi connectivity index (χ1n) is 11.4. The Morgan fingerprint density at radius 3 is 1.32 bits per heavy atom. The van der Waals surface area contributed by atoms with Crippen molar-refractivity contribution in [1.29, 1.82) is 0 Å². The zero-order valence-corrected chi connectivity index (χ0v) is 20.0. The molecular formula is C30H34S. The molecule has 0 bridgehead atoms. The Balaban J connectivity index is 1.71. The van der Waals surface area contributed by atoms with Crippen LogP contribution in [0.5, 0.6) is 0 Å². The molecule has 2 aromatic carbocycles. The second-order valence-corrected chi connectivity index (χ2v) is 11.4. The second-order valence-electron chi connectivity index (χ2n) is 10.2. The number of rotatable bonds is 6. The lowest BCUT2D eigenvalue weighted by Crippen LogP contribution is -2.13. The number of hydrogen-bond donors (Lipinski definition) is 0. The highest BCUT2D eigenvalue weighted by molar-refractivity contribution is 8.00. The van der Waals surface area contributed by atoms with Crippen molar-refractivity contribution in [1.82, 2.24) is 0 Å². The highest BCUT2D eigenvalue weighted by Crippen LogP contribution is 2.51. The van der Waals surface area contributed by atoms with Crippen LogP contribution in [0.2, 0.25) is 0 Å². The van der Waals surface area contributed by atoms with Crippen molar-refractivity contribution in [2.24, 2.45) is 10.8 Å². The number of hydrogen-bond acceptors (Lipinski definition) is 1. The van der Waals surface area contributed by atoms with E-state index in [0.29, 0.717) is 10.5 Å². The summed E-state index contributed by atoms with van der Waals surface area (Å²) in [5.74, 6) is 0. The quantitative estimate of drug-likeness (QED) is 0.444. The maximum Gasteiger partial charge on any atom is 0.0552 e. The van der Waals surface area contributed by atoms with Crippen LogP contribution >= 0.6 is 11.8 Å². The lowest BCUT2D eigenvalue weighted by Gasteiger charge is -2.31. The SMILES string of the molecule is CC1(C)C=CC(C(SC(C2=CCC(C)(C)C=C2)c2ccccc2)c2ccccc2)=CC1. The van der Waals surface area contributed by atoms with Gasteiger partial charge >= 0.3 is 0 Å². The summed E-state index contributed by atoms with van der Waals surface area (Å²) in [7, 11) is 0. The van der Waals surface area contributed by atoms with Gasteiger partial charge in [0, 0.05) is 0 Å². The third-order valence-electron chi connectivity index (χ3n) is 6.26. The van der Waals surface area contributed by atoms with Crippen molar-refractivity contribution in [3.63, 3.8) is 0 Å². The normalized spacial score (nSPS) is 21.2. The summed E-state index contributed by atoms with van der Waals surface area (Å²) in [5, 5.41) is 0.617. The minimum Gasteiger partial charge on any atom is -0.136 e. The smallest absolute Gasteiger partial charge is 0.0552 e. The van der Waals surface area contributed by atoms with Crippen molar-refractivity contribution in [2.45, 2.75) is 51.0 Å². The van der Waals surface area contributed by atoms with Gasteiger partial charge in [-0.2, -0.15) is 0 Å². The van der Waals surface area contributed by atoms with Crippen LogP contribution < -0.4 is 0 Å². The van der Waals surface area contributed by atoms with Crippen LogP contribution in [0.25, 0.3) is 0 Å². The fourth-order valence-electron chi connectivity index (χ4n) is 4.16. The summed E-state index contributed by atoms with van der Waals surface area (Å²) in [6.45, 7) is 9.25. The van der Waals surface area contributed by atoms with Crippen molar-refractivity contribution in [3.8, 4) is 0 Å². The molecule has 0 amide bonds. The van der Waals surface area contributed by atoms with E-state index in [1.165, 1.54) is 22.3 Å². The predicted octanol–water partition coefficient (Wildman–Crippen LogP) is 9.03. The number of benzene rings is 2. The molecule has 0 spiro atoms. The maximum absolute atomic E-state index is 2.46.